The molecule has 0 aromatic heterocycles. The summed E-state index contributed by atoms with van der Waals surface area (Å²) < 4.78 is 59.2. The Bertz CT molecular complexity index is 769. The number of halogens is 4. The molecule has 0 atom stereocenters. The number of guanidine groups is 2. The molecule has 0 saturated heterocycles. The first kappa shape index (κ1) is 18.3. The molecule has 1 spiro atoms. The van der Waals surface area contributed by atoms with E-state index in [2.05, 4.69) is 9.98 Å². The monoisotopic (exact) mass is 373 g/mol. The summed E-state index contributed by atoms with van der Waals surface area (Å²) >= 11 is 0. The molecule has 0 bridgehead atoms. The molecule has 4 N–H and O–H groups in total. The quantitative estimate of drug-likeness (QED) is 0.780. The molecule has 1 heterocycles. The minimum absolute atomic E-state index is 0.0490. The maximum atomic E-state index is 14.1. The van der Waals surface area contributed by atoms with E-state index < -0.39 is 29.0 Å². The van der Waals surface area contributed by atoms with Gasteiger partial charge in [0, 0.05) is 6.07 Å². The van der Waals surface area contributed by atoms with Crippen molar-refractivity contribution in [2.75, 3.05) is 12.0 Å². The van der Waals surface area contributed by atoms with Crippen LogP contribution in [0, 0.1) is 5.82 Å². The fourth-order valence-electron chi connectivity index (χ4n) is 3.64. The minimum atomic E-state index is -4.80. The lowest BCUT2D eigenvalue weighted by atomic mass is 9.87. The maximum absolute atomic E-state index is 14.1. The molecule has 142 valence electrons. The average molecular weight is 373 g/mol. The summed E-state index contributed by atoms with van der Waals surface area (Å²) in [6.45, 7) is 0. The number of methoxy groups -OCH3 is 1. The molecule has 3 rings (SSSR count). The molecule has 26 heavy (non-hydrogen) atoms. The van der Waals surface area contributed by atoms with Crippen molar-refractivity contribution in [3.63, 3.8) is 0 Å². The van der Waals surface area contributed by atoms with Crippen LogP contribution in [-0.2, 0) is 6.18 Å². The Morgan fingerprint density at radius 1 is 1.15 bits per heavy atom. The number of aliphatic imine (C=N–C) groups is 2. The second-order valence-corrected chi connectivity index (χ2v) is 6.32. The standard InChI is InChI=1S/C16H19F4N5O/c1-26-12-10(16(18,19)20)7-9(17)8-11(12)25-14(22)23-13(21)24-15(25)5-3-2-4-6-15/h7-8H,2-6H2,1H3,(H4,21,22,23,24). The van der Waals surface area contributed by atoms with Crippen LogP contribution in [0.3, 0.4) is 0 Å². The van der Waals surface area contributed by atoms with Gasteiger partial charge in [-0.3, -0.25) is 4.90 Å². The lowest BCUT2D eigenvalue weighted by molar-refractivity contribution is -0.138. The number of ether oxygens (including phenoxy) is 1. The summed E-state index contributed by atoms with van der Waals surface area (Å²) in [5, 5.41) is 0. The van der Waals surface area contributed by atoms with Crippen LogP contribution < -0.4 is 21.1 Å². The summed E-state index contributed by atoms with van der Waals surface area (Å²) in [6, 6.07) is 1.34. The van der Waals surface area contributed by atoms with Crippen LogP contribution in [0.2, 0.25) is 0 Å². The van der Waals surface area contributed by atoms with Gasteiger partial charge >= 0.3 is 6.18 Å². The maximum Gasteiger partial charge on any atom is 0.420 e. The van der Waals surface area contributed by atoms with E-state index in [-0.39, 0.29) is 17.6 Å². The number of hydrogen-bond acceptors (Lipinski definition) is 6. The highest BCUT2D eigenvalue weighted by Gasteiger charge is 2.45. The van der Waals surface area contributed by atoms with Gasteiger partial charge in [0.15, 0.2) is 5.75 Å². The highest BCUT2D eigenvalue weighted by atomic mass is 19.4. The van der Waals surface area contributed by atoms with Gasteiger partial charge in [0.2, 0.25) is 11.9 Å². The van der Waals surface area contributed by atoms with Crippen molar-refractivity contribution < 1.29 is 22.3 Å². The zero-order valence-corrected chi connectivity index (χ0v) is 14.1. The molecule has 10 heteroatoms. The third-order valence-corrected chi connectivity index (χ3v) is 4.64. The fourth-order valence-corrected chi connectivity index (χ4v) is 3.64. The number of benzene rings is 1. The molecule has 1 aliphatic carbocycles. The zero-order chi connectivity index (χ0) is 19.1. The number of nitrogens with zero attached hydrogens (tertiary/aromatic N) is 3. The average Bonchev–Trinajstić information content (AvgIpc) is 2.53. The van der Waals surface area contributed by atoms with Gasteiger partial charge in [-0.25, -0.2) is 9.38 Å². The van der Waals surface area contributed by atoms with Crippen LogP contribution in [0.1, 0.15) is 37.7 Å². The Morgan fingerprint density at radius 3 is 2.38 bits per heavy atom. The van der Waals surface area contributed by atoms with Gasteiger partial charge < -0.3 is 16.2 Å². The van der Waals surface area contributed by atoms with E-state index >= 15 is 0 Å². The van der Waals surface area contributed by atoms with Crippen molar-refractivity contribution in [2.45, 2.75) is 43.9 Å². The fraction of sp³-hybridized carbons (Fsp3) is 0.500. The van der Waals surface area contributed by atoms with Crippen LogP contribution in [0.25, 0.3) is 0 Å². The summed E-state index contributed by atoms with van der Waals surface area (Å²) in [5.41, 5.74) is 9.34. The summed E-state index contributed by atoms with van der Waals surface area (Å²) in [4.78, 5) is 9.57. The molecule has 1 aromatic carbocycles. The summed E-state index contributed by atoms with van der Waals surface area (Å²) in [5.74, 6) is -1.78. The lowest BCUT2D eigenvalue weighted by Gasteiger charge is -2.46. The van der Waals surface area contributed by atoms with Gasteiger partial charge in [-0.2, -0.15) is 18.2 Å². The van der Waals surface area contributed by atoms with E-state index in [1.54, 1.807) is 0 Å². The van der Waals surface area contributed by atoms with E-state index in [0.29, 0.717) is 18.9 Å². The predicted octanol–water partition coefficient (Wildman–Crippen LogP) is 2.96. The van der Waals surface area contributed by atoms with Gasteiger partial charge in [0.25, 0.3) is 0 Å². The number of anilines is 1. The summed E-state index contributed by atoms with van der Waals surface area (Å²) in [6.07, 6.45) is -1.27. The molecule has 6 nitrogen and oxygen atoms in total. The number of hydrogen-bond donors (Lipinski definition) is 2. The van der Waals surface area contributed by atoms with Crippen LogP contribution in [-0.4, -0.2) is 24.7 Å². The van der Waals surface area contributed by atoms with E-state index in [1.165, 1.54) is 4.90 Å². The van der Waals surface area contributed by atoms with Crippen molar-refractivity contribution in [2.24, 2.45) is 21.5 Å². The SMILES string of the molecule is COc1c(N2C(N)=NC(N)=NC23CCCCC3)cc(F)cc1C(F)(F)F. The third-order valence-electron chi connectivity index (χ3n) is 4.64. The molecule has 0 unspecified atom stereocenters. The van der Waals surface area contributed by atoms with E-state index in [1.807, 2.05) is 0 Å². The van der Waals surface area contributed by atoms with Crippen LogP contribution in [0.5, 0.6) is 5.75 Å². The number of rotatable bonds is 2. The molecule has 1 fully saturated rings. The van der Waals surface area contributed by atoms with Gasteiger partial charge in [-0.1, -0.05) is 6.42 Å². The topological polar surface area (TPSA) is 89.2 Å². The Balaban J connectivity index is 2.23. The van der Waals surface area contributed by atoms with E-state index in [9.17, 15) is 17.6 Å². The third kappa shape index (κ3) is 3.04. The number of nitrogens with two attached hydrogens (primary N) is 2. The van der Waals surface area contributed by atoms with Crippen molar-refractivity contribution in [3.05, 3.63) is 23.5 Å². The van der Waals surface area contributed by atoms with Gasteiger partial charge in [-0.15, -0.1) is 0 Å². The van der Waals surface area contributed by atoms with E-state index in [0.717, 1.165) is 32.4 Å². The van der Waals surface area contributed by atoms with Crippen molar-refractivity contribution in [3.8, 4) is 5.75 Å². The van der Waals surface area contributed by atoms with Crippen molar-refractivity contribution >= 4 is 17.6 Å². The second-order valence-electron chi connectivity index (χ2n) is 6.32. The Hall–Kier alpha value is -2.52. The molecule has 1 aromatic rings. The first-order valence-electron chi connectivity index (χ1n) is 8.12. The second kappa shape index (κ2) is 6.33. The van der Waals surface area contributed by atoms with Crippen molar-refractivity contribution in [1.29, 1.82) is 0 Å². The van der Waals surface area contributed by atoms with Crippen LogP contribution in [0.15, 0.2) is 22.1 Å². The molecular weight excluding hydrogens is 354 g/mol. The highest BCUT2D eigenvalue weighted by Crippen LogP contribution is 2.47. The highest BCUT2D eigenvalue weighted by molar-refractivity contribution is 6.06. The Morgan fingerprint density at radius 2 is 1.81 bits per heavy atom. The zero-order valence-electron chi connectivity index (χ0n) is 14.1. The number of alkyl halides is 3. The van der Waals surface area contributed by atoms with Crippen LogP contribution >= 0.6 is 0 Å². The minimum Gasteiger partial charge on any atom is -0.494 e. The summed E-state index contributed by atoms with van der Waals surface area (Å²) in [7, 11) is 1.09. The van der Waals surface area contributed by atoms with Gasteiger partial charge in [0.05, 0.1) is 12.8 Å². The smallest absolute Gasteiger partial charge is 0.420 e. The first-order valence-corrected chi connectivity index (χ1v) is 8.12. The van der Waals surface area contributed by atoms with Gasteiger partial charge in [-0.05, 0) is 31.7 Å². The van der Waals surface area contributed by atoms with Gasteiger partial charge in [0.1, 0.15) is 17.0 Å². The Labute approximate surface area is 147 Å². The first-order chi connectivity index (χ1) is 12.2. The molecule has 2 aliphatic rings. The molecule has 0 amide bonds. The normalized spacial score (nSPS) is 20.0. The largest absolute Gasteiger partial charge is 0.494 e. The molecule has 0 radical (unpaired) electrons. The van der Waals surface area contributed by atoms with Crippen LogP contribution in [0.4, 0.5) is 23.2 Å². The lowest BCUT2D eigenvalue weighted by Crippen LogP contribution is -2.58. The molecule has 1 aliphatic heterocycles. The van der Waals surface area contributed by atoms with Crippen molar-refractivity contribution in [1.82, 2.24) is 0 Å². The molecule has 1 saturated carbocycles. The molecular formula is C16H19F4N5O. The predicted molar refractivity (Wildman–Crippen MR) is 89.5 cm³/mol. The van der Waals surface area contributed by atoms with E-state index in [4.69, 9.17) is 16.2 Å². The Kier molecular flexibility index (Phi) is 4.45.